The van der Waals surface area contributed by atoms with E-state index in [9.17, 15) is 14.4 Å². The zero-order valence-corrected chi connectivity index (χ0v) is 32.9. The van der Waals surface area contributed by atoms with Crippen LogP contribution in [0.1, 0.15) is 162 Å². The average Bonchev–Trinajstić information content (AvgIpc) is 3.13. The van der Waals surface area contributed by atoms with Gasteiger partial charge in [0.05, 0.1) is 0 Å². The molecule has 0 saturated heterocycles. The first-order chi connectivity index (χ1) is 25.5. The van der Waals surface area contributed by atoms with Crippen molar-refractivity contribution in [3.8, 4) is 0 Å². The SMILES string of the molecule is CC/C=C\C/C=C\C/C=C\C/C=C\C/C=C\C/C=C\CCCCC(=O)OC(/C=C\C/C=C\CCCCC)CCCCCCCCC(=O)NCC(=O)O. The molecule has 0 aliphatic rings. The topological polar surface area (TPSA) is 92.7 Å². The molecule has 52 heavy (non-hydrogen) atoms. The van der Waals surface area contributed by atoms with Crippen molar-refractivity contribution < 1.29 is 24.2 Å². The molecule has 0 aliphatic carbocycles. The number of ether oxygens (including phenoxy) is 1. The van der Waals surface area contributed by atoms with Gasteiger partial charge in [0.25, 0.3) is 0 Å². The maximum atomic E-state index is 12.7. The van der Waals surface area contributed by atoms with Gasteiger partial charge in [0.15, 0.2) is 0 Å². The summed E-state index contributed by atoms with van der Waals surface area (Å²) in [6.45, 7) is 4.05. The molecule has 0 aromatic carbocycles. The molecule has 1 unspecified atom stereocenters. The maximum absolute atomic E-state index is 12.7. The highest BCUT2D eigenvalue weighted by Gasteiger charge is 2.11. The fourth-order valence-corrected chi connectivity index (χ4v) is 5.23. The molecule has 1 atom stereocenters. The Bertz CT molecular complexity index is 1110. The van der Waals surface area contributed by atoms with Gasteiger partial charge < -0.3 is 15.2 Å². The van der Waals surface area contributed by atoms with Gasteiger partial charge in [-0.05, 0) is 102 Å². The molecule has 2 N–H and O–H groups in total. The lowest BCUT2D eigenvalue weighted by atomic mass is 10.1. The van der Waals surface area contributed by atoms with E-state index in [-0.39, 0.29) is 24.5 Å². The van der Waals surface area contributed by atoms with Crippen LogP contribution in [0.2, 0.25) is 0 Å². The quantitative estimate of drug-likeness (QED) is 0.0386. The Morgan fingerprint density at radius 3 is 1.54 bits per heavy atom. The highest BCUT2D eigenvalue weighted by molar-refractivity contribution is 5.80. The third kappa shape index (κ3) is 39.1. The summed E-state index contributed by atoms with van der Waals surface area (Å²) in [6.07, 6.45) is 56.9. The van der Waals surface area contributed by atoms with Gasteiger partial charge in [-0.2, -0.15) is 0 Å². The van der Waals surface area contributed by atoms with Gasteiger partial charge in [-0.1, -0.05) is 144 Å². The lowest BCUT2D eigenvalue weighted by Crippen LogP contribution is -2.28. The van der Waals surface area contributed by atoms with Crippen molar-refractivity contribution in [3.05, 3.63) is 97.2 Å². The number of esters is 1. The van der Waals surface area contributed by atoms with E-state index in [1.54, 1.807) is 0 Å². The number of rotatable bonds is 35. The summed E-state index contributed by atoms with van der Waals surface area (Å²) in [7, 11) is 0. The molecule has 0 rings (SSSR count). The normalized spacial score (nSPS) is 13.1. The number of aliphatic carboxylic acids is 1. The lowest BCUT2D eigenvalue weighted by molar-refractivity contribution is -0.147. The molecule has 0 fully saturated rings. The third-order valence-electron chi connectivity index (χ3n) is 8.22. The lowest BCUT2D eigenvalue weighted by Gasteiger charge is -2.14. The van der Waals surface area contributed by atoms with Gasteiger partial charge in [-0.25, -0.2) is 0 Å². The van der Waals surface area contributed by atoms with E-state index in [0.717, 1.165) is 116 Å². The largest absolute Gasteiger partial charge is 0.480 e. The fraction of sp³-hybridized carbons (Fsp3) is 0.587. The monoisotopic (exact) mass is 720 g/mol. The van der Waals surface area contributed by atoms with Gasteiger partial charge >= 0.3 is 11.9 Å². The zero-order valence-electron chi connectivity index (χ0n) is 32.9. The van der Waals surface area contributed by atoms with Crippen LogP contribution in [0.4, 0.5) is 0 Å². The molecule has 292 valence electrons. The number of carbonyl (C=O) groups is 3. The van der Waals surface area contributed by atoms with Crippen molar-refractivity contribution in [2.24, 2.45) is 0 Å². The van der Waals surface area contributed by atoms with Crippen LogP contribution in [0.5, 0.6) is 0 Å². The van der Waals surface area contributed by atoms with Crippen LogP contribution in [0.15, 0.2) is 97.2 Å². The van der Waals surface area contributed by atoms with E-state index in [1.807, 2.05) is 0 Å². The van der Waals surface area contributed by atoms with E-state index < -0.39 is 5.97 Å². The van der Waals surface area contributed by atoms with Gasteiger partial charge in [0.1, 0.15) is 12.6 Å². The number of carboxylic acid groups (broad SMARTS) is 1. The standard InChI is InChI=1S/C46H73NO5/c1-3-5-7-9-11-13-14-15-16-17-18-19-20-21-22-23-24-25-27-33-37-41-46(51)52-43(38-34-30-26-12-10-8-6-4-2)39-35-31-28-29-32-36-40-44(48)47-42-45(49)50/h5,7,11-13,15-16,18-19,21-22,24-26,34,38,43H,3-4,6,8-10,14,17,20,23,27-33,35-37,39-42H2,1-2H3,(H,47,48)(H,49,50)/b7-5-,13-11-,16-15-,19-18-,22-21-,25-24-,26-12-,38-34-. The number of unbranched alkanes of at least 4 members (excludes halogenated alkanes) is 10. The number of carbonyl (C=O) groups excluding carboxylic acids is 2. The van der Waals surface area contributed by atoms with Crippen molar-refractivity contribution in [1.82, 2.24) is 5.32 Å². The van der Waals surface area contributed by atoms with Crippen LogP contribution in [-0.2, 0) is 19.1 Å². The van der Waals surface area contributed by atoms with E-state index in [4.69, 9.17) is 9.84 Å². The van der Waals surface area contributed by atoms with Crippen LogP contribution < -0.4 is 5.32 Å². The summed E-state index contributed by atoms with van der Waals surface area (Å²) in [5, 5.41) is 11.0. The molecule has 0 aliphatic heterocycles. The Labute approximate surface area is 318 Å². The van der Waals surface area contributed by atoms with E-state index >= 15 is 0 Å². The molecule has 6 heteroatoms. The molecule has 0 radical (unpaired) electrons. The molecule has 1 amide bonds. The van der Waals surface area contributed by atoms with Crippen LogP contribution in [-0.4, -0.2) is 35.6 Å². The number of carboxylic acids is 1. The molecule has 0 bridgehead atoms. The Morgan fingerprint density at radius 1 is 0.538 bits per heavy atom. The minimum atomic E-state index is -1.03. The second-order valence-corrected chi connectivity index (χ2v) is 13.2. The van der Waals surface area contributed by atoms with Crippen molar-refractivity contribution in [2.45, 2.75) is 168 Å². The first kappa shape index (κ1) is 48.3. The molecule has 0 aromatic heterocycles. The van der Waals surface area contributed by atoms with Crippen molar-refractivity contribution in [3.63, 3.8) is 0 Å². The summed E-state index contributed by atoms with van der Waals surface area (Å²) in [6, 6.07) is 0. The van der Waals surface area contributed by atoms with Gasteiger partial charge in [-0.15, -0.1) is 0 Å². The number of nitrogens with one attached hydrogen (secondary N) is 1. The average molecular weight is 720 g/mol. The van der Waals surface area contributed by atoms with Crippen molar-refractivity contribution in [1.29, 1.82) is 0 Å². The molecule has 6 nitrogen and oxygen atoms in total. The van der Waals surface area contributed by atoms with Crippen LogP contribution in [0.3, 0.4) is 0 Å². The van der Waals surface area contributed by atoms with Crippen molar-refractivity contribution >= 4 is 17.8 Å². The predicted octanol–water partition coefficient (Wildman–Crippen LogP) is 12.6. The van der Waals surface area contributed by atoms with E-state index in [2.05, 4.69) is 116 Å². The smallest absolute Gasteiger partial charge is 0.322 e. The van der Waals surface area contributed by atoms with Crippen molar-refractivity contribution in [2.75, 3.05) is 6.54 Å². The summed E-state index contributed by atoms with van der Waals surface area (Å²) in [5.74, 6) is -1.35. The van der Waals surface area contributed by atoms with Crippen LogP contribution >= 0.6 is 0 Å². The molecular weight excluding hydrogens is 647 g/mol. The Hall–Kier alpha value is -3.67. The number of hydrogen-bond acceptors (Lipinski definition) is 4. The summed E-state index contributed by atoms with van der Waals surface area (Å²) in [5.41, 5.74) is 0. The second-order valence-electron chi connectivity index (χ2n) is 13.2. The minimum Gasteiger partial charge on any atom is -0.480 e. The van der Waals surface area contributed by atoms with Gasteiger partial charge in [0, 0.05) is 12.8 Å². The first-order valence-electron chi connectivity index (χ1n) is 20.4. The molecule has 0 heterocycles. The number of hydrogen-bond donors (Lipinski definition) is 2. The summed E-state index contributed by atoms with van der Waals surface area (Å²) >= 11 is 0. The fourth-order valence-electron chi connectivity index (χ4n) is 5.23. The molecule has 0 saturated carbocycles. The Morgan fingerprint density at radius 2 is 1.00 bits per heavy atom. The molecular formula is C46H73NO5. The summed E-state index contributed by atoms with van der Waals surface area (Å²) < 4.78 is 5.89. The van der Waals surface area contributed by atoms with Crippen LogP contribution in [0, 0.1) is 0 Å². The third-order valence-corrected chi connectivity index (χ3v) is 8.22. The van der Waals surface area contributed by atoms with E-state index in [0.29, 0.717) is 12.8 Å². The van der Waals surface area contributed by atoms with E-state index in [1.165, 1.54) is 19.3 Å². The maximum Gasteiger partial charge on any atom is 0.322 e. The predicted molar refractivity (Wildman–Crippen MR) is 221 cm³/mol. The Balaban J connectivity index is 4.25. The second kappa shape index (κ2) is 40.1. The number of allylic oxidation sites excluding steroid dienone is 15. The zero-order chi connectivity index (χ0) is 38.0. The summed E-state index contributed by atoms with van der Waals surface area (Å²) in [4.78, 5) is 34.8. The highest BCUT2D eigenvalue weighted by atomic mass is 16.5. The Kier molecular flexibility index (Phi) is 37.3. The van der Waals surface area contributed by atoms with Gasteiger partial charge in [0.2, 0.25) is 5.91 Å². The minimum absolute atomic E-state index is 0.117. The molecule has 0 aromatic rings. The highest BCUT2D eigenvalue weighted by Crippen LogP contribution is 2.14. The van der Waals surface area contributed by atoms with Gasteiger partial charge in [-0.3, -0.25) is 14.4 Å². The van der Waals surface area contributed by atoms with Crippen LogP contribution in [0.25, 0.3) is 0 Å². The molecule has 0 spiro atoms. The number of amides is 1. The first-order valence-corrected chi connectivity index (χ1v) is 20.4.